The highest BCUT2D eigenvalue weighted by Gasteiger charge is 2.03. The van der Waals surface area contributed by atoms with Gasteiger partial charge in [-0.15, -0.1) is 0 Å². The van der Waals surface area contributed by atoms with Crippen molar-refractivity contribution in [2.45, 2.75) is 19.2 Å². The third-order valence-electron chi connectivity index (χ3n) is 1.50. The van der Waals surface area contributed by atoms with Crippen molar-refractivity contribution in [2.75, 3.05) is 0 Å². The summed E-state index contributed by atoms with van der Waals surface area (Å²) < 4.78 is 4.22. The molecular weight excluding hydrogens is 284 g/mol. The molecule has 0 saturated carbocycles. The zero-order valence-corrected chi connectivity index (χ0v) is 11.1. The summed E-state index contributed by atoms with van der Waals surface area (Å²) in [6.45, 7) is 3.81. The first-order valence-corrected chi connectivity index (χ1v) is 6.30. The van der Waals surface area contributed by atoms with Gasteiger partial charge < -0.3 is 0 Å². The number of hydrogen-bond donors (Lipinski definition) is 0. The molecule has 0 saturated heterocycles. The van der Waals surface area contributed by atoms with Crippen LogP contribution in [0.2, 0.25) is 0 Å². The van der Waals surface area contributed by atoms with Crippen molar-refractivity contribution in [1.29, 1.82) is 0 Å². The van der Waals surface area contributed by atoms with Gasteiger partial charge in [0.2, 0.25) is 0 Å². The van der Waals surface area contributed by atoms with E-state index in [4.69, 9.17) is 11.6 Å². The molecule has 14 heavy (non-hydrogen) atoms. The van der Waals surface area contributed by atoms with E-state index in [1.54, 1.807) is 0 Å². The van der Waals surface area contributed by atoms with E-state index in [-0.39, 0.29) is 0 Å². The van der Waals surface area contributed by atoms with Gasteiger partial charge in [-0.1, -0.05) is 33.6 Å². The normalized spacial score (nSPS) is 13.4. The third kappa shape index (κ3) is 3.52. The molecule has 0 unspecified atom stereocenters. The van der Waals surface area contributed by atoms with Gasteiger partial charge in [-0.25, -0.2) is 4.98 Å². The Balaban J connectivity index is 2.83. The molecule has 1 heterocycles. The van der Waals surface area contributed by atoms with Crippen molar-refractivity contribution in [3.8, 4) is 0 Å². The number of hydrogen-bond acceptors (Lipinski definition) is 3. The van der Waals surface area contributed by atoms with Gasteiger partial charge in [-0.3, -0.25) is 0 Å². The molecule has 5 heteroatoms. The van der Waals surface area contributed by atoms with Gasteiger partial charge in [0, 0.05) is 5.03 Å². The van der Waals surface area contributed by atoms with Crippen LogP contribution in [0.25, 0.3) is 5.57 Å². The van der Waals surface area contributed by atoms with E-state index in [1.807, 2.05) is 26.0 Å². The minimum atomic E-state index is 0.750. The van der Waals surface area contributed by atoms with E-state index in [0.717, 1.165) is 26.8 Å². The topological polar surface area (TPSA) is 25.8 Å². The largest absolute Gasteiger partial charge is 0.219 e. The first-order chi connectivity index (χ1) is 6.63. The number of rotatable bonds is 3. The average Bonchev–Trinajstić information content (AvgIpc) is 2.62. The first-order valence-electron chi connectivity index (χ1n) is 4.03. The predicted octanol–water partition coefficient (Wildman–Crippen LogP) is 3.98. The predicted molar refractivity (Wildman–Crippen MR) is 65.8 cm³/mol. The molecule has 0 bridgehead atoms. The quantitative estimate of drug-likeness (QED) is 0.622. The Morgan fingerprint density at radius 3 is 2.71 bits per heavy atom. The second kappa shape index (κ2) is 5.63. The van der Waals surface area contributed by atoms with E-state index in [0.29, 0.717) is 0 Å². The Kier molecular flexibility index (Phi) is 4.78. The van der Waals surface area contributed by atoms with Gasteiger partial charge in [0.1, 0.15) is 5.01 Å². The molecule has 0 atom stereocenters. The van der Waals surface area contributed by atoms with Crippen molar-refractivity contribution in [3.63, 3.8) is 0 Å². The lowest BCUT2D eigenvalue weighted by Crippen LogP contribution is -1.83. The molecule has 1 aromatic rings. The fourth-order valence-corrected chi connectivity index (χ4v) is 1.83. The van der Waals surface area contributed by atoms with Gasteiger partial charge in [-0.2, -0.15) is 4.37 Å². The van der Waals surface area contributed by atoms with Crippen LogP contribution in [0.4, 0.5) is 0 Å². The Labute approximate surface area is 101 Å². The van der Waals surface area contributed by atoms with Gasteiger partial charge >= 0.3 is 0 Å². The molecule has 76 valence electrons. The van der Waals surface area contributed by atoms with E-state index in [9.17, 15) is 0 Å². The van der Waals surface area contributed by atoms with Gasteiger partial charge in [0.15, 0.2) is 5.82 Å². The summed E-state index contributed by atoms with van der Waals surface area (Å²) in [6.07, 6.45) is 3.76. The highest BCUT2D eigenvalue weighted by molar-refractivity contribution is 9.08. The van der Waals surface area contributed by atoms with E-state index >= 15 is 0 Å². The number of halogens is 2. The maximum Gasteiger partial charge on any atom is 0.168 e. The smallest absolute Gasteiger partial charge is 0.168 e. The molecule has 0 aromatic carbocycles. The lowest BCUT2D eigenvalue weighted by atomic mass is 10.2. The van der Waals surface area contributed by atoms with Crippen molar-refractivity contribution < 1.29 is 0 Å². The van der Waals surface area contributed by atoms with Crippen LogP contribution in [0.1, 0.15) is 24.7 Å². The number of nitrogens with zero attached hydrogens (tertiary/aromatic N) is 2. The van der Waals surface area contributed by atoms with Crippen LogP contribution in [0, 0.1) is 0 Å². The summed E-state index contributed by atoms with van der Waals surface area (Å²) in [7, 11) is 0. The van der Waals surface area contributed by atoms with Crippen LogP contribution in [-0.4, -0.2) is 9.36 Å². The Bertz CT molecular complexity index is 367. The van der Waals surface area contributed by atoms with Crippen molar-refractivity contribution >= 4 is 44.6 Å². The molecular formula is C9H10BrClN2S. The minimum absolute atomic E-state index is 0.750. The second-order valence-electron chi connectivity index (χ2n) is 2.75. The molecule has 0 aliphatic rings. The van der Waals surface area contributed by atoms with E-state index < -0.39 is 0 Å². The monoisotopic (exact) mass is 292 g/mol. The maximum atomic E-state index is 5.71. The van der Waals surface area contributed by atoms with Crippen molar-refractivity contribution in [3.05, 3.63) is 28.0 Å². The fourth-order valence-electron chi connectivity index (χ4n) is 0.784. The Hall–Kier alpha value is -0.190. The molecule has 0 spiro atoms. The summed E-state index contributed by atoms with van der Waals surface area (Å²) >= 11 is 10.5. The third-order valence-corrected chi connectivity index (χ3v) is 3.24. The molecule has 2 nitrogen and oxygen atoms in total. The minimum Gasteiger partial charge on any atom is -0.219 e. The molecule has 0 radical (unpaired) electrons. The summed E-state index contributed by atoms with van der Waals surface area (Å²) in [5.41, 5.74) is 1.02. The molecule has 1 rings (SSSR count). The zero-order chi connectivity index (χ0) is 10.6. The average molecular weight is 294 g/mol. The molecule has 0 aliphatic heterocycles. The van der Waals surface area contributed by atoms with Crippen LogP contribution < -0.4 is 0 Å². The Morgan fingerprint density at radius 1 is 1.50 bits per heavy atom. The Morgan fingerprint density at radius 2 is 2.21 bits per heavy atom. The molecule has 0 aliphatic carbocycles. The van der Waals surface area contributed by atoms with Crippen molar-refractivity contribution in [1.82, 2.24) is 9.36 Å². The molecule has 0 fully saturated rings. The molecule has 0 amide bonds. The fraction of sp³-hybridized carbons (Fsp3) is 0.333. The molecule has 1 aromatic heterocycles. The van der Waals surface area contributed by atoms with Crippen molar-refractivity contribution in [2.24, 2.45) is 0 Å². The second-order valence-corrected chi connectivity index (χ2v) is 4.74. The van der Waals surface area contributed by atoms with Crippen LogP contribution in [0.15, 0.2) is 17.2 Å². The molecule has 0 N–H and O–H groups in total. The summed E-state index contributed by atoms with van der Waals surface area (Å²) in [6, 6.07) is 0. The zero-order valence-electron chi connectivity index (χ0n) is 7.92. The van der Waals surface area contributed by atoms with E-state index in [2.05, 4.69) is 25.3 Å². The van der Waals surface area contributed by atoms with Gasteiger partial charge in [-0.05, 0) is 37.0 Å². The van der Waals surface area contributed by atoms with Crippen LogP contribution in [0.5, 0.6) is 0 Å². The maximum absolute atomic E-state index is 5.71. The number of aromatic nitrogens is 2. The van der Waals surface area contributed by atoms with Gasteiger partial charge in [0.05, 0.1) is 5.33 Å². The van der Waals surface area contributed by atoms with Crippen LogP contribution in [-0.2, 0) is 5.33 Å². The van der Waals surface area contributed by atoms with Crippen LogP contribution >= 0.6 is 39.1 Å². The lowest BCUT2D eigenvalue weighted by molar-refractivity contribution is 1.19. The summed E-state index contributed by atoms with van der Waals surface area (Å²) in [5, 5.41) is 2.49. The van der Waals surface area contributed by atoms with E-state index in [1.165, 1.54) is 11.5 Å². The number of allylic oxidation sites excluding steroid dienone is 4. The standard InChI is InChI=1S/C9H10BrClN2S/c1-6(3-4-7(2)11)9-12-8(5-10)14-13-9/h3-4H,5H2,1-2H3/b6-3+,7-4+. The highest BCUT2D eigenvalue weighted by Crippen LogP contribution is 2.15. The SMILES string of the molecule is C/C(Cl)=C\C=C(/C)c1nsc(CBr)n1. The van der Waals surface area contributed by atoms with Crippen LogP contribution in [0.3, 0.4) is 0 Å². The van der Waals surface area contributed by atoms with Gasteiger partial charge in [0.25, 0.3) is 0 Å². The summed E-state index contributed by atoms with van der Waals surface area (Å²) in [5.74, 6) is 0.776. The first kappa shape index (κ1) is 11.9. The highest BCUT2D eigenvalue weighted by atomic mass is 79.9. The summed E-state index contributed by atoms with van der Waals surface area (Å²) in [4.78, 5) is 4.33. The lowest BCUT2D eigenvalue weighted by Gasteiger charge is -1.90. The number of alkyl halides is 1.